The first-order valence-corrected chi connectivity index (χ1v) is 5.51. The number of hydrogen-bond acceptors (Lipinski definition) is 3. The molecule has 0 amide bonds. The summed E-state index contributed by atoms with van der Waals surface area (Å²) in [4.78, 5) is 6.04. The second-order valence-corrected chi connectivity index (χ2v) is 3.83. The van der Waals surface area contributed by atoms with Gasteiger partial charge in [0.15, 0.2) is 5.11 Å². The third-order valence-electron chi connectivity index (χ3n) is 2.07. The Kier molecular flexibility index (Phi) is 5.74. The van der Waals surface area contributed by atoms with Gasteiger partial charge in [0.25, 0.3) is 0 Å². The highest BCUT2D eigenvalue weighted by molar-refractivity contribution is 7.80. The first kappa shape index (κ1) is 12.9. The third kappa shape index (κ3) is 4.55. The van der Waals surface area contributed by atoms with E-state index in [1.54, 1.807) is 13.3 Å². The molecule has 1 heterocycles. The van der Waals surface area contributed by atoms with Gasteiger partial charge in [-0.3, -0.25) is 4.98 Å². The highest BCUT2D eigenvalue weighted by atomic mass is 32.1. The lowest BCUT2D eigenvalue weighted by atomic mass is 10.3. The molecule has 1 N–H and O–H groups in total. The molecule has 1 aromatic heterocycles. The van der Waals surface area contributed by atoms with E-state index in [4.69, 9.17) is 17.0 Å². The number of methoxy groups -OCH3 is 1. The Hall–Kier alpha value is -1.20. The lowest BCUT2D eigenvalue weighted by Crippen LogP contribution is -2.38. The zero-order chi connectivity index (χ0) is 11.8. The van der Waals surface area contributed by atoms with Crippen molar-refractivity contribution >= 4 is 17.3 Å². The number of nitrogens with one attached hydrogen (secondary N) is 1. The van der Waals surface area contributed by atoms with Gasteiger partial charge in [0.2, 0.25) is 0 Å². The molecule has 0 bridgehead atoms. The second kappa shape index (κ2) is 7.14. The summed E-state index contributed by atoms with van der Waals surface area (Å²) < 4.78 is 4.94. The molecule has 0 fully saturated rings. The fourth-order valence-electron chi connectivity index (χ4n) is 1.23. The predicted molar refractivity (Wildman–Crippen MR) is 68.2 cm³/mol. The third-order valence-corrected chi connectivity index (χ3v) is 2.53. The Bertz CT molecular complexity index is 318. The van der Waals surface area contributed by atoms with Gasteiger partial charge in [0, 0.05) is 39.6 Å². The lowest BCUT2D eigenvalue weighted by molar-refractivity contribution is 0.203. The molecule has 0 aliphatic carbocycles. The van der Waals surface area contributed by atoms with Gasteiger partial charge >= 0.3 is 0 Å². The standard InChI is InChI=1S/C11H17N3OS/c1-14(11(16)13-6-7-15-2)9-10-4-3-5-12-8-10/h3-5,8H,6-7,9H2,1-2H3,(H,13,16). The summed E-state index contributed by atoms with van der Waals surface area (Å²) in [5.74, 6) is 0. The molecule has 0 spiro atoms. The Morgan fingerprint density at radius 2 is 2.44 bits per heavy atom. The summed E-state index contributed by atoms with van der Waals surface area (Å²) in [7, 11) is 3.62. The van der Waals surface area contributed by atoms with Crippen LogP contribution in [0.15, 0.2) is 24.5 Å². The Morgan fingerprint density at radius 3 is 3.06 bits per heavy atom. The van der Waals surface area contributed by atoms with E-state index in [9.17, 15) is 0 Å². The average Bonchev–Trinajstić information content (AvgIpc) is 2.30. The van der Waals surface area contributed by atoms with E-state index < -0.39 is 0 Å². The van der Waals surface area contributed by atoms with Crippen molar-refractivity contribution in [1.82, 2.24) is 15.2 Å². The SMILES string of the molecule is COCCNC(=S)N(C)Cc1cccnc1. The van der Waals surface area contributed by atoms with Crippen LogP contribution in [-0.4, -0.2) is 42.3 Å². The van der Waals surface area contributed by atoms with Crippen LogP contribution >= 0.6 is 12.2 Å². The van der Waals surface area contributed by atoms with Gasteiger partial charge in [0.05, 0.1) is 6.61 Å². The average molecular weight is 239 g/mol. The molecule has 0 aliphatic heterocycles. The van der Waals surface area contributed by atoms with E-state index in [0.717, 1.165) is 23.8 Å². The molecule has 0 saturated carbocycles. The zero-order valence-electron chi connectivity index (χ0n) is 9.64. The van der Waals surface area contributed by atoms with Crippen molar-refractivity contribution in [2.24, 2.45) is 0 Å². The van der Waals surface area contributed by atoms with E-state index >= 15 is 0 Å². The normalized spacial score (nSPS) is 9.88. The number of pyridine rings is 1. The maximum absolute atomic E-state index is 5.23. The van der Waals surface area contributed by atoms with Crippen molar-refractivity contribution in [1.29, 1.82) is 0 Å². The Morgan fingerprint density at radius 1 is 1.62 bits per heavy atom. The molecule has 0 unspecified atom stereocenters. The van der Waals surface area contributed by atoms with Gasteiger partial charge in [-0.2, -0.15) is 0 Å². The van der Waals surface area contributed by atoms with Crippen LogP contribution in [0.1, 0.15) is 5.56 Å². The number of nitrogens with zero attached hydrogens (tertiary/aromatic N) is 2. The van der Waals surface area contributed by atoms with E-state index in [2.05, 4.69) is 10.3 Å². The first-order valence-electron chi connectivity index (χ1n) is 5.11. The van der Waals surface area contributed by atoms with E-state index in [0.29, 0.717) is 6.61 Å². The largest absolute Gasteiger partial charge is 0.383 e. The minimum atomic E-state index is 0.654. The van der Waals surface area contributed by atoms with Crippen LogP contribution in [0.2, 0.25) is 0 Å². The minimum absolute atomic E-state index is 0.654. The van der Waals surface area contributed by atoms with Crippen molar-refractivity contribution in [3.63, 3.8) is 0 Å². The molecular formula is C11H17N3OS. The van der Waals surface area contributed by atoms with Crippen LogP contribution in [0.4, 0.5) is 0 Å². The smallest absolute Gasteiger partial charge is 0.169 e. The van der Waals surface area contributed by atoms with Gasteiger partial charge in [0.1, 0.15) is 0 Å². The maximum atomic E-state index is 5.23. The Labute approximate surface area is 102 Å². The monoisotopic (exact) mass is 239 g/mol. The van der Waals surface area contributed by atoms with Crippen LogP contribution in [0, 0.1) is 0 Å². The van der Waals surface area contributed by atoms with E-state index in [-0.39, 0.29) is 0 Å². The molecule has 88 valence electrons. The maximum Gasteiger partial charge on any atom is 0.169 e. The van der Waals surface area contributed by atoms with Crippen LogP contribution in [-0.2, 0) is 11.3 Å². The number of ether oxygens (including phenoxy) is 1. The zero-order valence-corrected chi connectivity index (χ0v) is 10.5. The first-order chi connectivity index (χ1) is 7.74. The number of thiocarbonyl (C=S) groups is 1. The molecule has 0 atom stereocenters. The quantitative estimate of drug-likeness (QED) is 0.614. The topological polar surface area (TPSA) is 37.4 Å². The summed E-state index contributed by atoms with van der Waals surface area (Å²) in [5.41, 5.74) is 1.14. The molecule has 0 saturated heterocycles. The lowest BCUT2D eigenvalue weighted by Gasteiger charge is -2.20. The van der Waals surface area contributed by atoms with Gasteiger partial charge in [-0.25, -0.2) is 0 Å². The summed E-state index contributed by atoms with van der Waals surface area (Å²) in [6, 6.07) is 3.95. The highest BCUT2D eigenvalue weighted by Gasteiger charge is 2.03. The fraction of sp³-hybridized carbons (Fsp3) is 0.455. The fourth-order valence-corrected chi connectivity index (χ4v) is 1.40. The number of hydrogen-bond donors (Lipinski definition) is 1. The van der Waals surface area contributed by atoms with Crippen LogP contribution in [0.5, 0.6) is 0 Å². The van der Waals surface area contributed by atoms with Crippen molar-refractivity contribution in [2.75, 3.05) is 27.3 Å². The summed E-state index contributed by atoms with van der Waals surface area (Å²) in [5, 5.41) is 3.84. The molecule has 0 radical (unpaired) electrons. The van der Waals surface area contributed by atoms with Gasteiger partial charge in [-0.15, -0.1) is 0 Å². The summed E-state index contributed by atoms with van der Waals surface area (Å²) in [6.45, 7) is 2.14. The highest BCUT2D eigenvalue weighted by Crippen LogP contribution is 2.00. The molecule has 0 aromatic carbocycles. The van der Waals surface area contributed by atoms with Gasteiger partial charge < -0.3 is 15.0 Å². The van der Waals surface area contributed by atoms with Crippen molar-refractivity contribution in [2.45, 2.75) is 6.54 Å². The molecule has 4 nitrogen and oxygen atoms in total. The molecular weight excluding hydrogens is 222 g/mol. The van der Waals surface area contributed by atoms with Crippen LogP contribution < -0.4 is 5.32 Å². The minimum Gasteiger partial charge on any atom is -0.383 e. The van der Waals surface area contributed by atoms with Gasteiger partial charge in [-0.1, -0.05) is 6.07 Å². The van der Waals surface area contributed by atoms with E-state index in [1.807, 2.05) is 30.3 Å². The van der Waals surface area contributed by atoms with Crippen molar-refractivity contribution < 1.29 is 4.74 Å². The molecule has 0 aliphatic rings. The molecule has 1 aromatic rings. The number of aromatic nitrogens is 1. The van der Waals surface area contributed by atoms with Crippen LogP contribution in [0.3, 0.4) is 0 Å². The molecule has 5 heteroatoms. The van der Waals surface area contributed by atoms with Crippen LogP contribution in [0.25, 0.3) is 0 Å². The summed E-state index contributed by atoms with van der Waals surface area (Å²) in [6.07, 6.45) is 3.60. The second-order valence-electron chi connectivity index (χ2n) is 3.44. The van der Waals surface area contributed by atoms with Gasteiger partial charge in [-0.05, 0) is 23.8 Å². The van der Waals surface area contributed by atoms with Crippen molar-refractivity contribution in [3.8, 4) is 0 Å². The van der Waals surface area contributed by atoms with Crippen molar-refractivity contribution in [3.05, 3.63) is 30.1 Å². The molecule has 16 heavy (non-hydrogen) atoms. The van der Waals surface area contributed by atoms with E-state index in [1.165, 1.54) is 0 Å². The molecule has 1 rings (SSSR count). The Balaban J connectivity index is 2.34. The summed E-state index contributed by atoms with van der Waals surface area (Å²) >= 11 is 5.23. The number of rotatable bonds is 5. The predicted octanol–water partition coefficient (Wildman–Crippen LogP) is 1.03.